The Morgan fingerprint density at radius 2 is 1.54 bits per heavy atom. The predicted molar refractivity (Wildman–Crippen MR) is 108 cm³/mol. The first-order valence-electron chi connectivity index (χ1n) is 9.85. The summed E-state index contributed by atoms with van der Waals surface area (Å²) in [5, 5.41) is 0.887. The summed E-state index contributed by atoms with van der Waals surface area (Å²) in [4.78, 5) is 13.2. The number of pyridine rings is 1. The highest BCUT2D eigenvalue weighted by molar-refractivity contribution is 5.90. The summed E-state index contributed by atoms with van der Waals surface area (Å²) in [6, 6.07) is 5.63. The minimum atomic E-state index is -0.126. The third-order valence-electron chi connectivity index (χ3n) is 4.43. The molecule has 0 aliphatic carbocycles. The van der Waals surface area contributed by atoms with Crippen LogP contribution in [-0.2, 0) is 6.54 Å². The van der Waals surface area contributed by atoms with Crippen molar-refractivity contribution in [2.75, 3.05) is 18.9 Å². The number of hydrogen-bond acceptors (Lipinski definition) is 4. The largest absolute Gasteiger partial charge is 0.489 e. The van der Waals surface area contributed by atoms with Crippen molar-refractivity contribution in [3.05, 3.63) is 28.6 Å². The van der Waals surface area contributed by atoms with E-state index in [-0.39, 0.29) is 5.56 Å². The number of nitrogens with zero attached hydrogens (tertiary/aromatic N) is 1. The van der Waals surface area contributed by atoms with Crippen molar-refractivity contribution in [3.63, 3.8) is 0 Å². The van der Waals surface area contributed by atoms with E-state index in [4.69, 9.17) is 15.2 Å². The summed E-state index contributed by atoms with van der Waals surface area (Å²) in [6.45, 7) is 8.06. The van der Waals surface area contributed by atoms with Gasteiger partial charge >= 0.3 is 0 Å². The SMILES string of the molecule is CCCCOc1c(OCCCC)c2ccc(N)cc2n(CCCC)c1=O. The fourth-order valence-corrected chi connectivity index (χ4v) is 2.86. The standard InChI is InChI=1S/C21H32N2O3/c1-4-7-12-23-18-15-16(22)10-11-17(18)19(25-13-8-5-2)20(21(23)24)26-14-9-6-3/h10-11,15H,4-9,12-14,22H2,1-3H3. The molecule has 0 fully saturated rings. The van der Waals surface area contributed by atoms with E-state index in [0.717, 1.165) is 49.4 Å². The Kier molecular flexibility index (Phi) is 7.82. The molecule has 1 aromatic heterocycles. The van der Waals surface area contributed by atoms with E-state index in [1.165, 1.54) is 0 Å². The molecule has 5 nitrogen and oxygen atoms in total. The molecule has 2 rings (SSSR count). The number of aromatic nitrogens is 1. The minimum absolute atomic E-state index is 0.126. The number of nitrogen functional groups attached to an aromatic ring is 1. The summed E-state index contributed by atoms with van der Waals surface area (Å²) >= 11 is 0. The molecular formula is C21H32N2O3. The topological polar surface area (TPSA) is 66.5 Å². The first-order valence-corrected chi connectivity index (χ1v) is 9.85. The zero-order chi connectivity index (χ0) is 18.9. The molecule has 0 atom stereocenters. The van der Waals surface area contributed by atoms with E-state index in [1.807, 2.05) is 18.2 Å². The van der Waals surface area contributed by atoms with Crippen LogP contribution in [0, 0.1) is 0 Å². The molecule has 1 aromatic carbocycles. The van der Waals surface area contributed by atoms with E-state index < -0.39 is 0 Å². The van der Waals surface area contributed by atoms with Crippen LogP contribution < -0.4 is 20.8 Å². The summed E-state index contributed by atoms with van der Waals surface area (Å²) in [7, 11) is 0. The molecule has 0 aliphatic rings. The van der Waals surface area contributed by atoms with Gasteiger partial charge in [-0.2, -0.15) is 0 Å². The zero-order valence-corrected chi connectivity index (χ0v) is 16.3. The number of anilines is 1. The molecule has 0 unspecified atom stereocenters. The van der Waals surface area contributed by atoms with Crippen LogP contribution in [0.15, 0.2) is 23.0 Å². The molecule has 0 radical (unpaired) electrons. The molecule has 2 aromatic rings. The summed E-state index contributed by atoms with van der Waals surface area (Å²) in [5.74, 6) is 0.894. The molecule has 0 saturated carbocycles. The Morgan fingerprint density at radius 1 is 0.923 bits per heavy atom. The third-order valence-corrected chi connectivity index (χ3v) is 4.43. The van der Waals surface area contributed by atoms with Crippen molar-refractivity contribution in [1.29, 1.82) is 0 Å². The highest BCUT2D eigenvalue weighted by Gasteiger charge is 2.19. The maximum atomic E-state index is 13.2. The summed E-state index contributed by atoms with van der Waals surface area (Å²) in [5.41, 5.74) is 7.32. The van der Waals surface area contributed by atoms with Crippen LogP contribution in [0.4, 0.5) is 5.69 Å². The second-order valence-electron chi connectivity index (χ2n) is 6.65. The van der Waals surface area contributed by atoms with Gasteiger partial charge in [-0.25, -0.2) is 0 Å². The van der Waals surface area contributed by atoms with E-state index in [1.54, 1.807) is 4.57 Å². The van der Waals surface area contributed by atoms with Crippen LogP contribution in [0.2, 0.25) is 0 Å². The fourth-order valence-electron chi connectivity index (χ4n) is 2.86. The Labute approximate surface area is 156 Å². The zero-order valence-electron chi connectivity index (χ0n) is 16.3. The van der Waals surface area contributed by atoms with Gasteiger partial charge in [-0.05, 0) is 37.5 Å². The van der Waals surface area contributed by atoms with Gasteiger partial charge in [0, 0.05) is 17.6 Å². The lowest BCUT2D eigenvalue weighted by molar-refractivity contribution is 0.259. The molecule has 0 amide bonds. The third kappa shape index (κ3) is 4.71. The molecule has 0 bridgehead atoms. The Hall–Kier alpha value is -2.17. The number of rotatable bonds is 11. The van der Waals surface area contributed by atoms with Gasteiger partial charge in [0.15, 0.2) is 5.75 Å². The van der Waals surface area contributed by atoms with Crippen molar-refractivity contribution in [2.45, 2.75) is 65.8 Å². The van der Waals surface area contributed by atoms with E-state index >= 15 is 0 Å². The van der Waals surface area contributed by atoms with Crippen LogP contribution in [0.3, 0.4) is 0 Å². The fraction of sp³-hybridized carbons (Fsp3) is 0.571. The van der Waals surface area contributed by atoms with E-state index in [9.17, 15) is 4.79 Å². The Morgan fingerprint density at radius 3 is 2.15 bits per heavy atom. The van der Waals surface area contributed by atoms with Gasteiger partial charge < -0.3 is 19.8 Å². The van der Waals surface area contributed by atoms with Crippen molar-refractivity contribution in [3.8, 4) is 11.5 Å². The molecule has 2 N–H and O–H groups in total. The number of hydrogen-bond donors (Lipinski definition) is 1. The summed E-state index contributed by atoms with van der Waals surface area (Å²) < 4.78 is 13.7. The van der Waals surface area contributed by atoms with Crippen molar-refractivity contribution >= 4 is 16.6 Å². The van der Waals surface area contributed by atoms with Gasteiger partial charge in [-0.1, -0.05) is 40.0 Å². The van der Waals surface area contributed by atoms with Gasteiger partial charge in [-0.15, -0.1) is 0 Å². The number of nitrogens with two attached hydrogens (primary N) is 1. The number of fused-ring (bicyclic) bond motifs is 1. The first kappa shape index (κ1) is 20.1. The Bertz CT molecular complexity index is 768. The normalized spacial score (nSPS) is 11.0. The average molecular weight is 360 g/mol. The van der Waals surface area contributed by atoms with Gasteiger partial charge in [0.25, 0.3) is 5.56 Å². The van der Waals surface area contributed by atoms with Crippen LogP contribution in [-0.4, -0.2) is 17.8 Å². The number of benzene rings is 1. The molecular weight excluding hydrogens is 328 g/mol. The predicted octanol–water partition coefficient (Wildman–Crippen LogP) is 4.74. The molecule has 144 valence electrons. The monoisotopic (exact) mass is 360 g/mol. The lowest BCUT2D eigenvalue weighted by Gasteiger charge is -2.19. The first-order chi connectivity index (χ1) is 12.6. The van der Waals surface area contributed by atoms with Crippen LogP contribution in [0.1, 0.15) is 59.3 Å². The van der Waals surface area contributed by atoms with Crippen molar-refractivity contribution in [1.82, 2.24) is 4.57 Å². The van der Waals surface area contributed by atoms with Crippen LogP contribution >= 0.6 is 0 Å². The number of unbranched alkanes of at least 4 members (excludes halogenated alkanes) is 3. The number of aryl methyl sites for hydroxylation is 1. The van der Waals surface area contributed by atoms with E-state index in [2.05, 4.69) is 20.8 Å². The molecule has 0 saturated heterocycles. The maximum Gasteiger partial charge on any atom is 0.297 e. The molecule has 1 heterocycles. The summed E-state index contributed by atoms with van der Waals surface area (Å²) in [6.07, 6.45) is 5.82. The second kappa shape index (κ2) is 10.1. The van der Waals surface area contributed by atoms with Gasteiger partial charge in [0.1, 0.15) is 0 Å². The number of ether oxygens (including phenoxy) is 2. The minimum Gasteiger partial charge on any atom is -0.489 e. The van der Waals surface area contributed by atoms with Gasteiger partial charge in [-0.3, -0.25) is 4.79 Å². The lowest BCUT2D eigenvalue weighted by atomic mass is 10.1. The van der Waals surface area contributed by atoms with E-state index in [0.29, 0.717) is 36.9 Å². The second-order valence-corrected chi connectivity index (χ2v) is 6.65. The van der Waals surface area contributed by atoms with Crippen LogP contribution in [0.25, 0.3) is 10.9 Å². The highest BCUT2D eigenvalue weighted by atomic mass is 16.5. The highest BCUT2D eigenvalue weighted by Crippen LogP contribution is 2.34. The Balaban J connectivity index is 2.61. The molecule has 5 heteroatoms. The van der Waals surface area contributed by atoms with Gasteiger partial charge in [0.2, 0.25) is 5.75 Å². The van der Waals surface area contributed by atoms with Gasteiger partial charge in [0.05, 0.1) is 18.7 Å². The van der Waals surface area contributed by atoms with Crippen LogP contribution in [0.5, 0.6) is 11.5 Å². The van der Waals surface area contributed by atoms with Crippen molar-refractivity contribution in [2.24, 2.45) is 0 Å². The molecule has 0 spiro atoms. The smallest absolute Gasteiger partial charge is 0.297 e. The van der Waals surface area contributed by atoms with Crippen molar-refractivity contribution < 1.29 is 9.47 Å². The molecule has 0 aliphatic heterocycles. The average Bonchev–Trinajstić information content (AvgIpc) is 2.63. The quantitative estimate of drug-likeness (QED) is 0.464. The maximum absolute atomic E-state index is 13.2. The lowest BCUT2D eigenvalue weighted by Crippen LogP contribution is -2.24. The molecule has 26 heavy (non-hydrogen) atoms.